The fraction of sp³-hybridized carbons (Fsp3) is 0.190. The predicted molar refractivity (Wildman–Crippen MR) is 115 cm³/mol. The highest BCUT2D eigenvalue weighted by Gasteiger charge is 2.33. The molecule has 142 valence electrons. The molecule has 7 heteroatoms. The molecule has 2 aliphatic rings. The van der Waals surface area contributed by atoms with Gasteiger partial charge in [-0.25, -0.2) is 0 Å². The highest BCUT2D eigenvalue weighted by atomic mass is 32.2. The molecule has 2 heterocycles. The van der Waals surface area contributed by atoms with Crippen LogP contribution in [0, 0.1) is 0 Å². The van der Waals surface area contributed by atoms with Crippen molar-refractivity contribution < 1.29 is 14.7 Å². The largest absolute Gasteiger partial charge is 0.480 e. The van der Waals surface area contributed by atoms with Crippen LogP contribution >= 0.6 is 24.0 Å². The van der Waals surface area contributed by atoms with Crippen molar-refractivity contribution in [2.24, 2.45) is 0 Å². The number of carbonyl (C=O) groups is 2. The quantitative estimate of drug-likeness (QED) is 0.594. The van der Waals surface area contributed by atoms with E-state index in [4.69, 9.17) is 17.3 Å². The minimum absolute atomic E-state index is 0.283. The Morgan fingerprint density at radius 3 is 2.79 bits per heavy atom. The highest BCUT2D eigenvalue weighted by Crippen LogP contribution is 2.33. The topological polar surface area (TPSA) is 69.6 Å². The van der Waals surface area contributed by atoms with Crippen LogP contribution in [0.4, 0.5) is 5.69 Å². The smallest absolute Gasteiger partial charge is 0.323 e. The number of anilines is 1. The molecular weight excluding hydrogens is 392 g/mol. The number of aryl methyl sites for hydroxylation is 2. The first-order chi connectivity index (χ1) is 13.5. The van der Waals surface area contributed by atoms with Crippen molar-refractivity contribution in [3.8, 4) is 0 Å². The fourth-order valence-electron chi connectivity index (χ4n) is 3.43. The third kappa shape index (κ3) is 3.81. The molecular formula is C21H18N2O3S2. The van der Waals surface area contributed by atoms with Crippen LogP contribution in [0.15, 0.2) is 47.4 Å². The SMILES string of the molecule is O=C(O)CN1C(=O)/C(=C\c2ccc3c(c2)CCc2ccccc2NC3)SC1=S. The maximum atomic E-state index is 12.5. The van der Waals surface area contributed by atoms with E-state index in [1.807, 2.05) is 12.1 Å². The highest BCUT2D eigenvalue weighted by molar-refractivity contribution is 8.26. The van der Waals surface area contributed by atoms with Crippen LogP contribution in [0.25, 0.3) is 6.08 Å². The summed E-state index contributed by atoms with van der Waals surface area (Å²) in [5.41, 5.74) is 5.89. The van der Waals surface area contributed by atoms with Gasteiger partial charge >= 0.3 is 5.97 Å². The molecule has 5 nitrogen and oxygen atoms in total. The molecule has 28 heavy (non-hydrogen) atoms. The summed E-state index contributed by atoms with van der Waals surface area (Å²) >= 11 is 6.30. The number of thiocarbonyl (C=S) groups is 1. The number of carbonyl (C=O) groups excluding carboxylic acids is 1. The molecule has 0 unspecified atom stereocenters. The first kappa shape index (κ1) is 18.7. The minimum Gasteiger partial charge on any atom is -0.480 e. The summed E-state index contributed by atoms with van der Waals surface area (Å²) in [6, 6.07) is 14.5. The average Bonchev–Trinajstić information content (AvgIpc) is 2.91. The molecule has 2 aromatic rings. The number of rotatable bonds is 3. The monoisotopic (exact) mass is 410 g/mol. The molecule has 1 fully saturated rings. The number of aliphatic carboxylic acids is 1. The third-order valence-corrected chi connectivity index (χ3v) is 6.22. The third-order valence-electron chi connectivity index (χ3n) is 4.85. The van der Waals surface area contributed by atoms with Crippen LogP contribution in [0.3, 0.4) is 0 Å². The summed E-state index contributed by atoms with van der Waals surface area (Å²) in [6.07, 6.45) is 3.66. The molecule has 0 spiro atoms. The number of benzene rings is 2. The average molecular weight is 411 g/mol. The Hall–Kier alpha value is -2.64. The van der Waals surface area contributed by atoms with E-state index in [0.29, 0.717) is 4.91 Å². The maximum absolute atomic E-state index is 12.5. The Balaban J connectivity index is 1.57. The molecule has 0 saturated carbocycles. The number of nitrogens with zero attached hydrogens (tertiary/aromatic N) is 1. The van der Waals surface area contributed by atoms with Gasteiger partial charge in [0, 0.05) is 12.2 Å². The van der Waals surface area contributed by atoms with Crippen LogP contribution in [-0.2, 0) is 29.0 Å². The molecule has 2 N–H and O–H groups in total. The van der Waals surface area contributed by atoms with Crippen LogP contribution in [-0.4, -0.2) is 32.7 Å². The Morgan fingerprint density at radius 2 is 1.96 bits per heavy atom. The number of amides is 1. The molecule has 2 aromatic carbocycles. The van der Waals surface area contributed by atoms with Gasteiger partial charge in [-0.15, -0.1) is 0 Å². The summed E-state index contributed by atoms with van der Waals surface area (Å²) in [4.78, 5) is 25.0. The molecule has 0 bridgehead atoms. The van der Waals surface area contributed by atoms with Gasteiger partial charge in [-0.2, -0.15) is 0 Å². The first-order valence-electron chi connectivity index (χ1n) is 8.92. The lowest BCUT2D eigenvalue weighted by Crippen LogP contribution is -2.33. The molecule has 0 radical (unpaired) electrons. The summed E-state index contributed by atoms with van der Waals surface area (Å²) in [5.74, 6) is -1.42. The molecule has 0 aromatic heterocycles. The van der Waals surface area contributed by atoms with Gasteiger partial charge in [0.25, 0.3) is 5.91 Å². The molecule has 1 amide bonds. The molecule has 2 aliphatic heterocycles. The lowest BCUT2D eigenvalue weighted by Gasteiger charge is -2.19. The van der Waals surface area contributed by atoms with Gasteiger partial charge in [0.15, 0.2) is 0 Å². The Bertz CT molecular complexity index is 1020. The van der Waals surface area contributed by atoms with Crippen molar-refractivity contribution in [2.45, 2.75) is 19.4 Å². The zero-order chi connectivity index (χ0) is 19.7. The number of hydrogen-bond donors (Lipinski definition) is 2. The van der Waals surface area contributed by atoms with Gasteiger partial charge in [-0.3, -0.25) is 14.5 Å². The predicted octanol–water partition coefficient (Wildman–Crippen LogP) is 3.68. The van der Waals surface area contributed by atoms with Gasteiger partial charge < -0.3 is 10.4 Å². The first-order valence-corrected chi connectivity index (χ1v) is 10.1. The summed E-state index contributed by atoms with van der Waals surface area (Å²) in [7, 11) is 0. The van der Waals surface area contributed by atoms with Crippen LogP contribution < -0.4 is 5.32 Å². The van der Waals surface area contributed by atoms with E-state index in [9.17, 15) is 9.59 Å². The number of hydrogen-bond acceptors (Lipinski definition) is 5. The Labute approximate surface area is 172 Å². The van der Waals surface area contributed by atoms with E-state index in [2.05, 4.69) is 35.6 Å². The molecule has 4 rings (SSSR count). The van der Waals surface area contributed by atoms with Crippen LogP contribution in [0.2, 0.25) is 0 Å². The zero-order valence-electron chi connectivity index (χ0n) is 15.0. The van der Waals surface area contributed by atoms with E-state index in [0.717, 1.165) is 41.6 Å². The van der Waals surface area contributed by atoms with Crippen molar-refractivity contribution >= 4 is 51.9 Å². The van der Waals surface area contributed by atoms with Gasteiger partial charge in [0.05, 0.1) is 4.91 Å². The number of fused-ring (bicyclic) bond motifs is 2. The van der Waals surface area contributed by atoms with E-state index < -0.39 is 12.5 Å². The second kappa shape index (κ2) is 7.77. The summed E-state index contributed by atoms with van der Waals surface area (Å²) < 4.78 is 0.283. The lowest BCUT2D eigenvalue weighted by atomic mass is 9.95. The standard InChI is InChI=1S/C21H18N2O3S2/c24-19(25)12-23-20(26)18(28-21(23)27)10-13-5-6-16-11-22-17-4-2-1-3-14(17)7-8-15(16)9-13/h1-6,9-10,22H,7-8,11-12H2,(H,24,25)/b18-10+. The van der Waals surface area contributed by atoms with Crippen molar-refractivity contribution in [2.75, 3.05) is 11.9 Å². The van der Waals surface area contributed by atoms with Gasteiger partial charge in [0.1, 0.15) is 10.9 Å². The molecule has 1 saturated heterocycles. The second-order valence-corrected chi connectivity index (χ2v) is 8.38. The van der Waals surface area contributed by atoms with E-state index in [1.54, 1.807) is 6.08 Å². The van der Waals surface area contributed by atoms with Crippen molar-refractivity contribution in [1.29, 1.82) is 0 Å². The van der Waals surface area contributed by atoms with Crippen molar-refractivity contribution in [3.05, 3.63) is 69.6 Å². The number of nitrogens with one attached hydrogen (secondary N) is 1. The summed E-state index contributed by atoms with van der Waals surface area (Å²) in [6.45, 7) is 0.352. The van der Waals surface area contributed by atoms with E-state index in [1.165, 1.54) is 22.4 Å². The minimum atomic E-state index is -1.08. The number of carboxylic acid groups (broad SMARTS) is 1. The van der Waals surface area contributed by atoms with Gasteiger partial charge in [-0.1, -0.05) is 60.4 Å². The van der Waals surface area contributed by atoms with Crippen molar-refractivity contribution in [1.82, 2.24) is 4.90 Å². The molecule has 0 atom stereocenters. The van der Waals surface area contributed by atoms with E-state index >= 15 is 0 Å². The normalized spacial score (nSPS) is 17.6. The Morgan fingerprint density at radius 1 is 1.18 bits per heavy atom. The number of carboxylic acids is 1. The van der Waals surface area contributed by atoms with Gasteiger partial charge in [0.2, 0.25) is 0 Å². The molecule has 0 aliphatic carbocycles. The van der Waals surface area contributed by atoms with E-state index in [-0.39, 0.29) is 10.2 Å². The number of para-hydroxylation sites is 1. The van der Waals surface area contributed by atoms with Crippen LogP contribution in [0.1, 0.15) is 22.3 Å². The van der Waals surface area contributed by atoms with Gasteiger partial charge in [-0.05, 0) is 47.2 Å². The Kier molecular flexibility index (Phi) is 5.19. The van der Waals surface area contributed by atoms with Crippen molar-refractivity contribution in [3.63, 3.8) is 0 Å². The maximum Gasteiger partial charge on any atom is 0.323 e. The number of thioether (sulfide) groups is 1. The lowest BCUT2D eigenvalue weighted by molar-refractivity contribution is -0.140. The fourth-order valence-corrected chi connectivity index (χ4v) is 4.69. The van der Waals surface area contributed by atoms with Crippen LogP contribution in [0.5, 0.6) is 0 Å². The zero-order valence-corrected chi connectivity index (χ0v) is 16.6. The second-order valence-electron chi connectivity index (χ2n) is 6.70. The summed E-state index contributed by atoms with van der Waals surface area (Å²) in [5, 5.41) is 12.4.